The summed E-state index contributed by atoms with van der Waals surface area (Å²) in [4.78, 5) is 11.3. The van der Waals surface area contributed by atoms with Gasteiger partial charge in [0.25, 0.3) is 0 Å². The second-order valence-electron chi connectivity index (χ2n) is 3.88. The summed E-state index contributed by atoms with van der Waals surface area (Å²) >= 11 is 0. The number of halogens is 1. The Morgan fingerprint density at radius 3 is 2.71 bits per heavy atom. The molecule has 0 aliphatic rings. The third-order valence-corrected chi connectivity index (χ3v) is 2.30. The van der Waals surface area contributed by atoms with Crippen LogP contribution in [-0.2, 0) is 4.74 Å². The summed E-state index contributed by atoms with van der Waals surface area (Å²) in [6.45, 7) is 5.76. The molecule has 1 aromatic carbocycles. The molecule has 0 aliphatic carbocycles. The number of ether oxygens (including phenoxy) is 1. The van der Waals surface area contributed by atoms with Gasteiger partial charge in [-0.05, 0) is 31.0 Å². The van der Waals surface area contributed by atoms with Crippen LogP contribution >= 0.6 is 12.4 Å². The lowest BCUT2D eigenvalue weighted by atomic mass is 9.99. The van der Waals surface area contributed by atoms with Crippen LogP contribution in [0.1, 0.15) is 35.3 Å². The predicted molar refractivity (Wildman–Crippen MR) is 71.4 cm³/mol. The number of esters is 1. The molecular formula is C13H18ClNO2. The van der Waals surface area contributed by atoms with Crippen LogP contribution in [0.2, 0.25) is 0 Å². The quantitative estimate of drug-likeness (QED) is 0.665. The van der Waals surface area contributed by atoms with Gasteiger partial charge >= 0.3 is 5.97 Å². The lowest BCUT2D eigenvalue weighted by molar-refractivity contribution is 0.0600. The lowest BCUT2D eigenvalue weighted by Crippen LogP contribution is -2.11. The SMILES string of the molecule is C=C(C)C[C@H](N)c1cccc(C(=O)OC)c1.Cl. The first-order valence-corrected chi connectivity index (χ1v) is 5.13. The first-order chi connectivity index (χ1) is 7.54. The second-order valence-corrected chi connectivity index (χ2v) is 3.88. The molecule has 0 fully saturated rings. The molecule has 0 radical (unpaired) electrons. The van der Waals surface area contributed by atoms with Gasteiger partial charge in [0.1, 0.15) is 0 Å². The van der Waals surface area contributed by atoms with Crippen LogP contribution in [0.3, 0.4) is 0 Å². The highest BCUT2D eigenvalue weighted by Gasteiger charge is 2.10. The highest BCUT2D eigenvalue weighted by molar-refractivity contribution is 5.89. The van der Waals surface area contributed by atoms with Crippen LogP contribution < -0.4 is 5.73 Å². The summed E-state index contributed by atoms with van der Waals surface area (Å²) in [7, 11) is 1.36. The average molecular weight is 256 g/mol. The highest BCUT2D eigenvalue weighted by Crippen LogP contribution is 2.18. The summed E-state index contributed by atoms with van der Waals surface area (Å²) in [6.07, 6.45) is 0.713. The molecular weight excluding hydrogens is 238 g/mol. The van der Waals surface area contributed by atoms with E-state index in [-0.39, 0.29) is 24.4 Å². The third kappa shape index (κ3) is 4.59. The van der Waals surface area contributed by atoms with Gasteiger partial charge in [-0.2, -0.15) is 0 Å². The Hall–Kier alpha value is -1.32. The monoisotopic (exact) mass is 255 g/mol. The molecule has 94 valence electrons. The largest absolute Gasteiger partial charge is 0.465 e. The van der Waals surface area contributed by atoms with Crippen LogP contribution in [-0.4, -0.2) is 13.1 Å². The normalized spacial score (nSPS) is 11.2. The first kappa shape index (κ1) is 15.7. The molecule has 0 amide bonds. The zero-order valence-corrected chi connectivity index (χ0v) is 10.9. The molecule has 0 aliphatic heterocycles. The topological polar surface area (TPSA) is 52.3 Å². The van der Waals surface area contributed by atoms with Crippen molar-refractivity contribution in [1.29, 1.82) is 0 Å². The molecule has 0 spiro atoms. The summed E-state index contributed by atoms with van der Waals surface area (Å²) < 4.78 is 4.65. The molecule has 0 unspecified atom stereocenters. The molecule has 4 heteroatoms. The van der Waals surface area contributed by atoms with E-state index in [0.717, 1.165) is 11.1 Å². The maximum atomic E-state index is 11.3. The van der Waals surface area contributed by atoms with Gasteiger partial charge in [0.05, 0.1) is 12.7 Å². The second kappa shape index (κ2) is 7.09. The zero-order chi connectivity index (χ0) is 12.1. The Morgan fingerprint density at radius 1 is 1.53 bits per heavy atom. The van der Waals surface area contributed by atoms with Crippen molar-refractivity contribution >= 4 is 18.4 Å². The van der Waals surface area contributed by atoms with Gasteiger partial charge in [-0.3, -0.25) is 0 Å². The van der Waals surface area contributed by atoms with Crippen molar-refractivity contribution in [1.82, 2.24) is 0 Å². The van der Waals surface area contributed by atoms with Gasteiger partial charge in [-0.25, -0.2) is 4.79 Å². The van der Waals surface area contributed by atoms with E-state index in [1.54, 1.807) is 18.2 Å². The van der Waals surface area contributed by atoms with E-state index >= 15 is 0 Å². The van der Waals surface area contributed by atoms with Gasteiger partial charge in [0.15, 0.2) is 0 Å². The van der Waals surface area contributed by atoms with E-state index in [2.05, 4.69) is 11.3 Å². The first-order valence-electron chi connectivity index (χ1n) is 5.13. The highest BCUT2D eigenvalue weighted by atomic mass is 35.5. The third-order valence-electron chi connectivity index (χ3n) is 2.30. The fraction of sp³-hybridized carbons (Fsp3) is 0.308. The zero-order valence-electron chi connectivity index (χ0n) is 10.1. The predicted octanol–water partition coefficient (Wildman–Crippen LogP) is 2.86. The van der Waals surface area contributed by atoms with Crippen molar-refractivity contribution in [2.24, 2.45) is 5.73 Å². The summed E-state index contributed by atoms with van der Waals surface area (Å²) in [5.41, 5.74) is 8.46. The number of benzene rings is 1. The standard InChI is InChI=1S/C13H17NO2.ClH/c1-9(2)7-12(14)10-5-4-6-11(8-10)13(15)16-3;/h4-6,8,12H,1,7,14H2,2-3H3;1H/t12-;/m0./s1. The average Bonchev–Trinajstić information content (AvgIpc) is 2.27. The van der Waals surface area contributed by atoms with E-state index < -0.39 is 0 Å². The van der Waals surface area contributed by atoms with E-state index in [4.69, 9.17) is 5.73 Å². The molecule has 2 N–H and O–H groups in total. The Morgan fingerprint density at radius 2 is 2.18 bits per heavy atom. The molecule has 0 saturated carbocycles. The minimum absolute atomic E-state index is 0. The molecule has 0 bridgehead atoms. The smallest absolute Gasteiger partial charge is 0.337 e. The van der Waals surface area contributed by atoms with E-state index in [1.165, 1.54) is 7.11 Å². The van der Waals surface area contributed by atoms with E-state index in [1.807, 2.05) is 13.0 Å². The molecule has 3 nitrogen and oxygen atoms in total. The molecule has 17 heavy (non-hydrogen) atoms. The number of hydrogen-bond acceptors (Lipinski definition) is 3. The summed E-state index contributed by atoms with van der Waals surface area (Å²) in [5.74, 6) is -0.343. The van der Waals surface area contributed by atoms with Gasteiger partial charge < -0.3 is 10.5 Å². The van der Waals surface area contributed by atoms with Crippen molar-refractivity contribution in [3.8, 4) is 0 Å². The van der Waals surface area contributed by atoms with Crippen LogP contribution in [0.5, 0.6) is 0 Å². The summed E-state index contributed by atoms with van der Waals surface area (Å²) in [6, 6.07) is 7.06. The van der Waals surface area contributed by atoms with E-state index in [0.29, 0.717) is 12.0 Å². The number of carbonyl (C=O) groups excluding carboxylic acids is 1. The number of rotatable bonds is 4. The molecule has 0 heterocycles. The van der Waals surface area contributed by atoms with Gasteiger partial charge in [-0.1, -0.05) is 17.7 Å². The number of methoxy groups -OCH3 is 1. The van der Waals surface area contributed by atoms with Crippen LogP contribution in [0.25, 0.3) is 0 Å². The number of nitrogens with two attached hydrogens (primary N) is 1. The number of hydrogen-bond donors (Lipinski definition) is 1. The Labute approximate surface area is 108 Å². The van der Waals surface area contributed by atoms with Gasteiger partial charge in [0, 0.05) is 6.04 Å². The van der Waals surface area contributed by atoms with Crippen LogP contribution in [0, 0.1) is 0 Å². The Bertz CT molecular complexity index is 404. The van der Waals surface area contributed by atoms with Crippen LogP contribution in [0.15, 0.2) is 36.4 Å². The maximum absolute atomic E-state index is 11.3. The van der Waals surface area contributed by atoms with Crippen molar-refractivity contribution in [3.05, 3.63) is 47.5 Å². The molecule has 0 saturated heterocycles. The molecule has 1 aromatic rings. The molecule has 1 atom stereocenters. The Kier molecular flexibility index (Phi) is 6.54. The van der Waals surface area contributed by atoms with Crippen LogP contribution in [0.4, 0.5) is 0 Å². The molecule has 0 aromatic heterocycles. The fourth-order valence-corrected chi connectivity index (χ4v) is 1.51. The summed E-state index contributed by atoms with van der Waals surface area (Å²) in [5, 5.41) is 0. The van der Waals surface area contributed by atoms with Gasteiger partial charge in [0.2, 0.25) is 0 Å². The number of carbonyl (C=O) groups is 1. The minimum Gasteiger partial charge on any atom is -0.465 e. The minimum atomic E-state index is -0.343. The van der Waals surface area contributed by atoms with Crippen molar-refractivity contribution < 1.29 is 9.53 Å². The Balaban J connectivity index is 0.00000256. The maximum Gasteiger partial charge on any atom is 0.337 e. The van der Waals surface area contributed by atoms with Gasteiger partial charge in [-0.15, -0.1) is 19.0 Å². The van der Waals surface area contributed by atoms with Crippen molar-refractivity contribution in [2.45, 2.75) is 19.4 Å². The fourth-order valence-electron chi connectivity index (χ4n) is 1.51. The lowest BCUT2D eigenvalue weighted by Gasteiger charge is -2.12. The molecule has 1 rings (SSSR count). The van der Waals surface area contributed by atoms with Crippen molar-refractivity contribution in [3.63, 3.8) is 0 Å². The van der Waals surface area contributed by atoms with Crippen molar-refractivity contribution in [2.75, 3.05) is 7.11 Å². The van der Waals surface area contributed by atoms with E-state index in [9.17, 15) is 4.79 Å².